The zero-order valence-electron chi connectivity index (χ0n) is 26.1. The Morgan fingerprint density at radius 1 is 1.04 bits per heavy atom. The van der Waals surface area contributed by atoms with E-state index in [1.165, 1.54) is 11.3 Å². The van der Waals surface area contributed by atoms with Crippen LogP contribution in [-0.4, -0.2) is 24.3 Å². The van der Waals surface area contributed by atoms with Gasteiger partial charge in [0, 0.05) is 20.6 Å². The average molecular weight is 732 g/mol. The van der Waals surface area contributed by atoms with Crippen LogP contribution in [-0.2, 0) is 16.1 Å². The van der Waals surface area contributed by atoms with E-state index in [9.17, 15) is 9.59 Å². The number of rotatable bonds is 10. The van der Waals surface area contributed by atoms with Gasteiger partial charge >= 0.3 is 5.97 Å². The van der Waals surface area contributed by atoms with Crippen LogP contribution in [0, 0.1) is 0 Å². The molecule has 4 aromatic carbocycles. The van der Waals surface area contributed by atoms with Crippen molar-refractivity contribution in [3.63, 3.8) is 0 Å². The third-order valence-electron chi connectivity index (χ3n) is 7.89. The number of methoxy groups -OCH3 is 1. The molecule has 5 aromatic rings. The summed E-state index contributed by atoms with van der Waals surface area (Å²) < 4.78 is 20.6. The highest BCUT2D eigenvalue weighted by molar-refractivity contribution is 9.10. The molecule has 0 spiro atoms. The lowest BCUT2D eigenvalue weighted by Gasteiger charge is -2.27. The summed E-state index contributed by atoms with van der Waals surface area (Å²) in [6, 6.07) is 24.2. The number of ether oxygens (including phenoxy) is 3. The molecule has 0 N–H and O–H groups in total. The van der Waals surface area contributed by atoms with E-state index in [2.05, 4.69) is 15.9 Å². The second kappa shape index (κ2) is 14.3. The van der Waals surface area contributed by atoms with Crippen molar-refractivity contribution in [3.05, 3.63) is 136 Å². The quantitative estimate of drug-likeness (QED) is 0.138. The molecule has 0 saturated carbocycles. The van der Waals surface area contributed by atoms with E-state index < -0.39 is 12.0 Å². The molecule has 0 saturated heterocycles. The largest absolute Gasteiger partial charge is 0.496 e. The van der Waals surface area contributed by atoms with Crippen molar-refractivity contribution in [1.29, 1.82) is 0 Å². The summed E-state index contributed by atoms with van der Waals surface area (Å²) in [6.07, 6.45) is 3.13. The molecule has 2 heterocycles. The lowest BCUT2D eigenvalue weighted by atomic mass is 9.93. The molecule has 47 heavy (non-hydrogen) atoms. The molecule has 0 bridgehead atoms. The minimum Gasteiger partial charge on any atom is -0.496 e. The molecule has 10 heteroatoms. The monoisotopic (exact) mass is 730 g/mol. The molecule has 0 fully saturated rings. The third kappa shape index (κ3) is 6.66. The molecule has 1 atom stereocenters. The van der Waals surface area contributed by atoms with E-state index in [1.807, 2.05) is 73.7 Å². The summed E-state index contributed by atoms with van der Waals surface area (Å²) in [4.78, 5) is 33.5. The van der Waals surface area contributed by atoms with Gasteiger partial charge in [0.05, 0.1) is 29.5 Å². The van der Waals surface area contributed by atoms with Crippen molar-refractivity contribution in [2.75, 3.05) is 13.7 Å². The van der Waals surface area contributed by atoms with Gasteiger partial charge in [0.2, 0.25) is 0 Å². The van der Waals surface area contributed by atoms with Crippen molar-refractivity contribution in [2.24, 2.45) is 4.99 Å². The maximum atomic E-state index is 14.5. The van der Waals surface area contributed by atoms with Gasteiger partial charge in [-0.05, 0) is 72.2 Å². The molecule has 1 aliphatic heterocycles. The number of hydrogen-bond acceptors (Lipinski definition) is 7. The number of hydrogen-bond donors (Lipinski definition) is 0. The van der Waals surface area contributed by atoms with Crippen LogP contribution in [0.5, 0.6) is 11.5 Å². The highest BCUT2D eigenvalue weighted by atomic mass is 79.9. The summed E-state index contributed by atoms with van der Waals surface area (Å²) in [7, 11) is 1.55. The zero-order valence-corrected chi connectivity index (χ0v) is 29.2. The fraction of sp³-hybridized carbons (Fsp3) is 0.216. The van der Waals surface area contributed by atoms with Gasteiger partial charge in [-0.25, -0.2) is 9.79 Å². The summed E-state index contributed by atoms with van der Waals surface area (Å²) >= 11 is 11.2. The first-order valence-corrected chi connectivity index (χ1v) is 17.3. The van der Waals surface area contributed by atoms with Gasteiger partial charge in [-0.15, -0.1) is 0 Å². The standard InChI is InChI=1S/C37H32BrClN2O5S/c1-4-8-29-33(36(43)45-5-2)34(28-19-25(39)16-18-30(28)44-3)41-35(42)32(47-37(41)40-29)20-27-26-10-7-6-9-23(26)13-17-31(27)46-21-22-11-14-24(38)15-12-22/h6-7,9-20,34H,4-5,8,21H2,1-3H3/b32-20+/t34-/m0/s1. The predicted molar refractivity (Wildman–Crippen MR) is 190 cm³/mol. The number of esters is 1. The van der Waals surface area contributed by atoms with E-state index in [0.29, 0.717) is 55.7 Å². The summed E-state index contributed by atoms with van der Waals surface area (Å²) in [5.74, 6) is 0.606. The fourth-order valence-corrected chi connectivity index (χ4v) is 7.20. The summed E-state index contributed by atoms with van der Waals surface area (Å²) in [5.41, 5.74) is 2.94. The van der Waals surface area contributed by atoms with E-state index in [1.54, 1.807) is 36.8 Å². The fourth-order valence-electron chi connectivity index (χ4n) is 5.76. The first kappa shape index (κ1) is 32.7. The average Bonchev–Trinajstić information content (AvgIpc) is 3.38. The normalized spacial score (nSPS) is 14.6. The number of benzene rings is 4. The Bertz CT molecular complexity index is 2190. The maximum Gasteiger partial charge on any atom is 0.338 e. The van der Waals surface area contributed by atoms with Gasteiger partial charge < -0.3 is 14.2 Å². The molecule has 240 valence electrons. The summed E-state index contributed by atoms with van der Waals surface area (Å²) in [6.45, 7) is 4.30. The Kier molecular flexibility index (Phi) is 9.96. The van der Waals surface area contributed by atoms with Crippen LogP contribution in [0.15, 0.2) is 104 Å². The van der Waals surface area contributed by atoms with Gasteiger partial charge in [0.1, 0.15) is 24.1 Å². The molecule has 1 aromatic heterocycles. The molecule has 0 amide bonds. The topological polar surface area (TPSA) is 79.1 Å². The molecule has 6 rings (SSSR count). The van der Waals surface area contributed by atoms with Crippen molar-refractivity contribution in [2.45, 2.75) is 39.3 Å². The van der Waals surface area contributed by atoms with E-state index >= 15 is 0 Å². The van der Waals surface area contributed by atoms with Crippen molar-refractivity contribution < 1.29 is 19.0 Å². The van der Waals surface area contributed by atoms with E-state index in [-0.39, 0.29) is 12.2 Å². The first-order chi connectivity index (χ1) is 22.8. The number of carbonyl (C=O) groups excluding carboxylic acids is 1. The van der Waals surface area contributed by atoms with Crippen LogP contribution in [0.4, 0.5) is 0 Å². The molecule has 7 nitrogen and oxygen atoms in total. The lowest BCUT2D eigenvalue weighted by molar-refractivity contribution is -0.139. The molecule has 0 unspecified atom stereocenters. The Balaban J connectivity index is 1.58. The Hall–Kier alpha value is -4.18. The maximum absolute atomic E-state index is 14.5. The number of fused-ring (bicyclic) bond motifs is 2. The number of aromatic nitrogens is 1. The van der Waals surface area contributed by atoms with Crippen LogP contribution in [0.1, 0.15) is 49.4 Å². The van der Waals surface area contributed by atoms with Crippen LogP contribution in [0.25, 0.3) is 16.8 Å². The first-order valence-electron chi connectivity index (χ1n) is 15.3. The highest BCUT2D eigenvalue weighted by Crippen LogP contribution is 2.38. The second-order valence-electron chi connectivity index (χ2n) is 10.9. The Morgan fingerprint density at radius 3 is 2.55 bits per heavy atom. The SMILES string of the molecule is CCCC1=C(C(=O)OCC)[C@H](c2cc(Cl)ccc2OC)n2c(s/c(=C/c3c(OCc4ccc(Br)cc4)ccc4ccccc34)c2=O)=N1. The molecule has 0 aliphatic carbocycles. The number of thiazole rings is 1. The van der Waals surface area contributed by atoms with Crippen molar-refractivity contribution in [1.82, 2.24) is 4.57 Å². The molecule has 1 aliphatic rings. The van der Waals surface area contributed by atoms with Crippen LogP contribution in [0.2, 0.25) is 5.02 Å². The van der Waals surface area contributed by atoms with Crippen LogP contribution < -0.4 is 24.4 Å². The Labute approximate surface area is 289 Å². The number of allylic oxidation sites excluding steroid dienone is 1. The highest BCUT2D eigenvalue weighted by Gasteiger charge is 2.36. The minimum atomic E-state index is -0.858. The third-order valence-corrected chi connectivity index (χ3v) is 9.64. The van der Waals surface area contributed by atoms with Gasteiger partial charge in [-0.3, -0.25) is 9.36 Å². The van der Waals surface area contributed by atoms with E-state index in [4.69, 9.17) is 30.8 Å². The lowest BCUT2D eigenvalue weighted by Crippen LogP contribution is -2.40. The minimum absolute atomic E-state index is 0.176. The second-order valence-corrected chi connectivity index (χ2v) is 13.3. The molecular formula is C37H32BrClN2O5S. The number of halogens is 2. The number of nitrogens with zero attached hydrogens (tertiary/aromatic N) is 2. The van der Waals surface area contributed by atoms with Crippen LogP contribution >= 0.6 is 38.9 Å². The van der Waals surface area contributed by atoms with Crippen molar-refractivity contribution in [3.8, 4) is 11.5 Å². The van der Waals surface area contributed by atoms with Gasteiger partial charge in [-0.2, -0.15) is 0 Å². The predicted octanol–water partition coefficient (Wildman–Crippen LogP) is 7.74. The smallest absolute Gasteiger partial charge is 0.338 e. The molecule has 0 radical (unpaired) electrons. The van der Waals surface area contributed by atoms with E-state index in [0.717, 1.165) is 32.8 Å². The number of carbonyl (C=O) groups is 1. The van der Waals surface area contributed by atoms with Crippen LogP contribution in [0.3, 0.4) is 0 Å². The van der Waals surface area contributed by atoms with Gasteiger partial charge in [0.25, 0.3) is 5.56 Å². The summed E-state index contributed by atoms with van der Waals surface area (Å²) in [5, 5.41) is 2.40. The Morgan fingerprint density at radius 2 is 1.81 bits per heavy atom. The van der Waals surface area contributed by atoms with Gasteiger partial charge in [-0.1, -0.05) is 94.7 Å². The molecular weight excluding hydrogens is 700 g/mol. The van der Waals surface area contributed by atoms with Crippen molar-refractivity contribution >= 4 is 61.7 Å². The zero-order chi connectivity index (χ0) is 33.1. The van der Waals surface area contributed by atoms with Gasteiger partial charge in [0.15, 0.2) is 4.80 Å².